The summed E-state index contributed by atoms with van der Waals surface area (Å²) in [7, 11) is 1.50. The van der Waals surface area contributed by atoms with Crippen molar-refractivity contribution < 1.29 is 23.4 Å². The van der Waals surface area contributed by atoms with Crippen molar-refractivity contribution in [2.45, 2.75) is 31.8 Å². The number of nitrogens with zero attached hydrogens (tertiary/aromatic N) is 1. The number of benzene rings is 2. The molecular weight excluding hydrogens is 399 g/mol. The lowest BCUT2D eigenvalue weighted by Crippen LogP contribution is -2.27. The van der Waals surface area contributed by atoms with Gasteiger partial charge in [0.1, 0.15) is 29.8 Å². The number of ether oxygens (including phenoxy) is 3. The summed E-state index contributed by atoms with van der Waals surface area (Å²) in [5.74, 6) is 0.445. The van der Waals surface area contributed by atoms with Crippen LogP contribution in [0, 0.1) is 17.1 Å². The number of halogens is 1. The second kappa shape index (κ2) is 8.52. The van der Waals surface area contributed by atoms with Crippen molar-refractivity contribution in [3.8, 4) is 17.6 Å². The molecule has 0 fully saturated rings. The Bertz CT molecular complexity index is 1150. The topological polar surface area (TPSA) is 94.6 Å². The Labute approximate surface area is 179 Å². The number of methoxy groups -OCH3 is 1. The summed E-state index contributed by atoms with van der Waals surface area (Å²) in [5.41, 5.74) is 8.04. The van der Waals surface area contributed by atoms with Gasteiger partial charge in [-0.1, -0.05) is 18.2 Å². The highest BCUT2D eigenvalue weighted by atomic mass is 19.1. The van der Waals surface area contributed by atoms with Gasteiger partial charge in [-0.2, -0.15) is 5.26 Å². The first-order valence-electron chi connectivity index (χ1n) is 9.90. The molecule has 0 unspecified atom stereocenters. The second-order valence-electron chi connectivity index (χ2n) is 7.37. The molecular formula is C24H21FN2O4. The van der Waals surface area contributed by atoms with Gasteiger partial charge < -0.3 is 19.9 Å². The Hall–Kier alpha value is -3.79. The summed E-state index contributed by atoms with van der Waals surface area (Å²) < 4.78 is 30.3. The van der Waals surface area contributed by atoms with E-state index in [1.807, 2.05) is 0 Å². The number of carbonyl (C=O) groups excluding carboxylic acids is 1. The average molecular weight is 420 g/mol. The van der Waals surface area contributed by atoms with Crippen molar-refractivity contribution in [1.29, 1.82) is 5.26 Å². The molecule has 1 aliphatic carbocycles. The number of Topliss-reactive ketones (excluding diaryl/α,β-unsaturated/α-hetero) is 1. The zero-order valence-corrected chi connectivity index (χ0v) is 17.0. The van der Waals surface area contributed by atoms with Crippen molar-refractivity contribution >= 4 is 5.78 Å². The van der Waals surface area contributed by atoms with Gasteiger partial charge >= 0.3 is 0 Å². The molecule has 1 heterocycles. The van der Waals surface area contributed by atoms with E-state index in [9.17, 15) is 14.4 Å². The van der Waals surface area contributed by atoms with Crippen LogP contribution < -0.4 is 15.2 Å². The van der Waals surface area contributed by atoms with E-state index >= 15 is 0 Å². The van der Waals surface area contributed by atoms with Gasteiger partial charge in [0.2, 0.25) is 5.88 Å². The molecule has 1 aliphatic heterocycles. The van der Waals surface area contributed by atoms with Crippen LogP contribution >= 0.6 is 0 Å². The van der Waals surface area contributed by atoms with Crippen molar-refractivity contribution in [2.75, 3.05) is 7.11 Å². The van der Waals surface area contributed by atoms with Crippen LogP contribution in [0.25, 0.3) is 0 Å². The highest BCUT2D eigenvalue weighted by molar-refractivity contribution is 5.99. The predicted molar refractivity (Wildman–Crippen MR) is 110 cm³/mol. The molecule has 6 nitrogen and oxygen atoms in total. The lowest BCUT2D eigenvalue weighted by atomic mass is 9.77. The Morgan fingerprint density at radius 2 is 2.06 bits per heavy atom. The minimum Gasteiger partial charge on any atom is -0.493 e. The number of nitrogens with two attached hydrogens (primary N) is 1. The quantitative estimate of drug-likeness (QED) is 0.778. The molecule has 2 aromatic carbocycles. The van der Waals surface area contributed by atoms with Crippen LogP contribution in [-0.4, -0.2) is 12.9 Å². The minimum atomic E-state index is -0.618. The molecule has 0 saturated carbocycles. The van der Waals surface area contributed by atoms with E-state index in [1.165, 1.54) is 19.2 Å². The zero-order chi connectivity index (χ0) is 22.0. The molecule has 0 bridgehead atoms. The largest absolute Gasteiger partial charge is 0.493 e. The monoisotopic (exact) mass is 420 g/mol. The molecule has 0 aromatic heterocycles. The fraction of sp³-hybridized carbons (Fsp3) is 0.250. The molecule has 0 spiro atoms. The summed E-state index contributed by atoms with van der Waals surface area (Å²) in [5, 5.41) is 9.70. The van der Waals surface area contributed by atoms with Gasteiger partial charge in [-0.25, -0.2) is 4.39 Å². The molecule has 4 rings (SSSR count). The highest BCUT2D eigenvalue weighted by Gasteiger charge is 2.38. The van der Waals surface area contributed by atoms with Gasteiger partial charge in [0.05, 0.1) is 13.0 Å². The second-order valence-corrected chi connectivity index (χ2v) is 7.37. The number of hydrogen-bond acceptors (Lipinski definition) is 6. The lowest BCUT2D eigenvalue weighted by Gasteiger charge is -2.31. The van der Waals surface area contributed by atoms with E-state index < -0.39 is 5.92 Å². The number of ketones is 1. The molecule has 2 aromatic rings. The van der Waals surface area contributed by atoms with Crippen LogP contribution in [0.1, 0.15) is 36.3 Å². The fourth-order valence-corrected chi connectivity index (χ4v) is 3.96. The van der Waals surface area contributed by atoms with Gasteiger partial charge in [-0.3, -0.25) is 4.79 Å². The van der Waals surface area contributed by atoms with Crippen molar-refractivity contribution in [3.63, 3.8) is 0 Å². The van der Waals surface area contributed by atoms with E-state index in [0.29, 0.717) is 53.2 Å². The van der Waals surface area contributed by atoms with Gasteiger partial charge in [0, 0.05) is 18.4 Å². The average Bonchev–Trinajstić information content (AvgIpc) is 2.77. The SMILES string of the molecule is COc1cc([C@H]2C(C#N)=C(N)OC3=C2C(=O)CCC3)ccc1OCc1cccc(F)c1. The molecule has 0 saturated heterocycles. The molecule has 2 aliphatic rings. The third-order valence-corrected chi connectivity index (χ3v) is 5.41. The normalized spacial score (nSPS) is 18.2. The van der Waals surface area contributed by atoms with Crippen molar-refractivity contribution in [2.24, 2.45) is 5.73 Å². The summed E-state index contributed by atoms with van der Waals surface area (Å²) in [6, 6.07) is 13.5. The molecule has 0 amide bonds. The highest BCUT2D eigenvalue weighted by Crippen LogP contribution is 2.45. The maximum Gasteiger partial charge on any atom is 0.205 e. The summed E-state index contributed by atoms with van der Waals surface area (Å²) in [6.45, 7) is 0.162. The standard InChI is InChI=1S/C24H21FN2O4/c1-29-21-11-15(8-9-19(21)30-13-14-4-2-5-16(25)10-14)22-17(12-26)24(27)31-20-7-3-6-18(28)23(20)22/h2,4-5,8-11,22H,3,6-7,13,27H2,1H3/t22-/m0/s1. The summed E-state index contributed by atoms with van der Waals surface area (Å²) >= 11 is 0. The van der Waals surface area contributed by atoms with Gasteiger partial charge in [0.15, 0.2) is 17.3 Å². The molecule has 0 radical (unpaired) electrons. The predicted octanol–water partition coefficient (Wildman–Crippen LogP) is 4.23. The maximum atomic E-state index is 13.4. The fourth-order valence-electron chi connectivity index (χ4n) is 3.96. The lowest BCUT2D eigenvalue weighted by molar-refractivity contribution is -0.116. The van der Waals surface area contributed by atoms with Gasteiger partial charge in [0.25, 0.3) is 0 Å². The number of rotatable bonds is 5. The van der Waals surface area contributed by atoms with Crippen LogP contribution in [0.15, 0.2) is 65.3 Å². The summed E-state index contributed by atoms with van der Waals surface area (Å²) in [4.78, 5) is 12.7. The molecule has 2 N–H and O–H groups in total. The Balaban J connectivity index is 1.68. The number of hydrogen-bond donors (Lipinski definition) is 1. The van der Waals surface area contributed by atoms with Crippen molar-refractivity contribution in [1.82, 2.24) is 0 Å². The van der Waals surface area contributed by atoms with E-state index in [-0.39, 0.29) is 29.7 Å². The van der Waals surface area contributed by atoms with Crippen LogP contribution in [0.3, 0.4) is 0 Å². The van der Waals surface area contributed by atoms with Crippen LogP contribution in [0.4, 0.5) is 4.39 Å². The van der Waals surface area contributed by atoms with E-state index in [1.54, 1.807) is 30.3 Å². The van der Waals surface area contributed by atoms with Crippen LogP contribution in [0.5, 0.6) is 11.5 Å². The van der Waals surface area contributed by atoms with E-state index in [2.05, 4.69) is 6.07 Å². The third kappa shape index (κ3) is 3.97. The van der Waals surface area contributed by atoms with Crippen LogP contribution in [0.2, 0.25) is 0 Å². The first-order valence-corrected chi connectivity index (χ1v) is 9.90. The minimum absolute atomic E-state index is 0.0198. The van der Waals surface area contributed by atoms with Crippen LogP contribution in [-0.2, 0) is 16.1 Å². The van der Waals surface area contributed by atoms with Gasteiger partial charge in [-0.15, -0.1) is 0 Å². The maximum absolute atomic E-state index is 13.4. The van der Waals surface area contributed by atoms with E-state index in [0.717, 1.165) is 0 Å². The Morgan fingerprint density at radius 3 is 2.81 bits per heavy atom. The zero-order valence-electron chi connectivity index (χ0n) is 17.0. The molecule has 1 atom stereocenters. The van der Waals surface area contributed by atoms with Crippen molar-refractivity contribution in [3.05, 3.63) is 82.2 Å². The molecule has 31 heavy (non-hydrogen) atoms. The number of carbonyl (C=O) groups is 1. The number of nitriles is 1. The first kappa shape index (κ1) is 20.5. The molecule has 7 heteroatoms. The Kier molecular flexibility index (Phi) is 5.63. The third-order valence-electron chi connectivity index (χ3n) is 5.41. The van der Waals surface area contributed by atoms with E-state index in [4.69, 9.17) is 19.9 Å². The smallest absolute Gasteiger partial charge is 0.205 e. The molecule has 158 valence electrons. The van der Waals surface area contributed by atoms with Gasteiger partial charge in [-0.05, 0) is 41.8 Å². The Morgan fingerprint density at radius 1 is 1.23 bits per heavy atom. The first-order chi connectivity index (χ1) is 15.0. The number of allylic oxidation sites excluding steroid dienone is 3. The summed E-state index contributed by atoms with van der Waals surface area (Å²) in [6.07, 6.45) is 1.70.